The fourth-order valence-corrected chi connectivity index (χ4v) is 4.83. The Hall–Kier alpha value is -3.22. The van der Waals surface area contributed by atoms with Crippen LogP contribution in [-0.4, -0.2) is 18.4 Å². The second-order valence-corrected chi connectivity index (χ2v) is 8.72. The molecule has 0 atom stereocenters. The molecule has 4 rings (SSSR count). The molecule has 0 saturated carbocycles. The van der Waals surface area contributed by atoms with Gasteiger partial charge in [0, 0.05) is 32.0 Å². The largest absolute Gasteiger partial charge is 0.368 e. The highest BCUT2D eigenvalue weighted by molar-refractivity contribution is 7.19. The molecule has 0 bridgehead atoms. The fraction of sp³-hybridized carbons (Fsp3) is 0.0833. The molecular weight excluding hydrogens is 435 g/mol. The first-order valence-electron chi connectivity index (χ1n) is 9.52. The van der Waals surface area contributed by atoms with E-state index >= 15 is 0 Å². The van der Waals surface area contributed by atoms with E-state index in [-0.39, 0.29) is 18.3 Å². The molecule has 0 saturated heterocycles. The van der Waals surface area contributed by atoms with Gasteiger partial charge in [-0.05, 0) is 59.2 Å². The summed E-state index contributed by atoms with van der Waals surface area (Å²) in [5.74, 6) is -1.31. The Kier molecular flexibility index (Phi) is 6.02. The molecule has 156 valence electrons. The van der Waals surface area contributed by atoms with E-state index < -0.39 is 5.91 Å². The molecule has 1 aromatic heterocycles. The number of hydrogen-bond acceptors (Lipinski definition) is 3. The molecule has 7 heteroatoms. The minimum atomic E-state index is -0.598. The number of primary amides is 1. The van der Waals surface area contributed by atoms with Crippen LogP contribution in [0.4, 0.5) is 4.39 Å². The van der Waals surface area contributed by atoms with Gasteiger partial charge in [-0.25, -0.2) is 4.39 Å². The number of halogens is 2. The number of rotatable bonds is 6. The van der Waals surface area contributed by atoms with Crippen molar-refractivity contribution in [3.63, 3.8) is 0 Å². The van der Waals surface area contributed by atoms with Crippen molar-refractivity contribution in [2.24, 2.45) is 5.73 Å². The van der Waals surface area contributed by atoms with E-state index in [1.165, 1.54) is 12.1 Å². The van der Waals surface area contributed by atoms with E-state index in [0.29, 0.717) is 17.0 Å². The van der Waals surface area contributed by atoms with Crippen LogP contribution in [-0.2, 0) is 11.2 Å². The van der Waals surface area contributed by atoms with Crippen LogP contribution >= 0.6 is 22.9 Å². The van der Waals surface area contributed by atoms with Crippen molar-refractivity contribution in [3.05, 3.63) is 93.6 Å². The summed E-state index contributed by atoms with van der Waals surface area (Å²) in [6, 6.07) is 19.9. The van der Waals surface area contributed by atoms with Gasteiger partial charge in [0.05, 0.1) is 6.54 Å². The van der Waals surface area contributed by atoms with Crippen molar-refractivity contribution in [2.45, 2.75) is 6.42 Å². The number of carbonyl (C=O) groups is 2. The summed E-state index contributed by atoms with van der Waals surface area (Å²) in [6.45, 7) is -0.212. The molecule has 3 aromatic carbocycles. The standard InChI is InChI=1S/C24H18ClFN2O2S/c25-17-7-14(8-18(26)11-17)9-19-12-21-20(5-2-6-22(21)31-19)15-3-1-4-16(10-15)24(30)28-13-23(27)29/h1-8,10-12H,9,13H2,(H2,27,29)(H,28,30). The van der Waals surface area contributed by atoms with Gasteiger partial charge in [-0.15, -0.1) is 11.3 Å². The lowest BCUT2D eigenvalue weighted by molar-refractivity contribution is -0.117. The Morgan fingerprint density at radius 3 is 2.61 bits per heavy atom. The van der Waals surface area contributed by atoms with E-state index in [9.17, 15) is 14.0 Å². The molecule has 4 nitrogen and oxygen atoms in total. The average Bonchev–Trinajstić information content (AvgIpc) is 3.13. The van der Waals surface area contributed by atoms with E-state index in [1.54, 1.807) is 35.6 Å². The topological polar surface area (TPSA) is 72.2 Å². The summed E-state index contributed by atoms with van der Waals surface area (Å²) in [5.41, 5.74) is 8.22. The van der Waals surface area contributed by atoms with Crippen LogP contribution in [0.2, 0.25) is 5.02 Å². The number of benzene rings is 3. The minimum Gasteiger partial charge on any atom is -0.368 e. The second-order valence-electron chi connectivity index (χ2n) is 7.11. The third-order valence-corrected chi connectivity index (χ3v) is 6.09. The van der Waals surface area contributed by atoms with Crippen LogP contribution in [0.5, 0.6) is 0 Å². The molecule has 1 heterocycles. The Bertz CT molecular complexity index is 1280. The number of fused-ring (bicyclic) bond motifs is 1. The highest BCUT2D eigenvalue weighted by Crippen LogP contribution is 2.35. The molecule has 0 aliphatic rings. The van der Waals surface area contributed by atoms with Crippen LogP contribution in [0.1, 0.15) is 20.8 Å². The van der Waals surface area contributed by atoms with Gasteiger partial charge in [-0.2, -0.15) is 0 Å². The zero-order valence-electron chi connectivity index (χ0n) is 16.3. The molecule has 0 fully saturated rings. The van der Waals surface area contributed by atoms with Crippen LogP contribution in [0.25, 0.3) is 21.2 Å². The normalized spacial score (nSPS) is 10.9. The predicted molar refractivity (Wildman–Crippen MR) is 123 cm³/mol. The molecule has 4 aromatic rings. The van der Waals surface area contributed by atoms with E-state index in [4.69, 9.17) is 17.3 Å². The lowest BCUT2D eigenvalue weighted by Gasteiger charge is -2.07. The van der Waals surface area contributed by atoms with Crippen molar-refractivity contribution < 1.29 is 14.0 Å². The van der Waals surface area contributed by atoms with Crippen molar-refractivity contribution in [3.8, 4) is 11.1 Å². The van der Waals surface area contributed by atoms with Gasteiger partial charge >= 0.3 is 0 Å². The van der Waals surface area contributed by atoms with Crippen LogP contribution in [0.15, 0.2) is 66.7 Å². The molecule has 0 spiro atoms. The number of nitrogens with two attached hydrogens (primary N) is 1. The van der Waals surface area contributed by atoms with Crippen molar-refractivity contribution in [1.29, 1.82) is 0 Å². The highest BCUT2D eigenvalue weighted by Gasteiger charge is 2.12. The first kappa shape index (κ1) is 21.0. The van der Waals surface area contributed by atoms with Gasteiger partial charge in [0.2, 0.25) is 5.91 Å². The maximum absolute atomic E-state index is 13.7. The van der Waals surface area contributed by atoms with Gasteiger partial charge in [0.1, 0.15) is 5.82 Å². The van der Waals surface area contributed by atoms with Crippen molar-refractivity contribution in [1.82, 2.24) is 5.32 Å². The van der Waals surface area contributed by atoms with Crippen molar-refractivity contribution in [2.75, 3.05) is 6.54 Å². The van der Waals surface area contributed by atoms with Gasteiger partial charge in [0.25, 0.3) is 5.91 Å². The number of thiophene rings is 1. The quantitative estimate of drug-likeness (QED) is 0.423. The third-order valence-electron chi connectivity index (χ3n) is 4.77. The zero-order chi connectivity index (χ0) is 22.0. The summed E-state index contributed by atoms with van der Waals surface area (Å²) >= 11 is 7.62. The number of hydrogen-bond donors (Lipinski definition) is 2. The summed E-state index contributed by atoms with van der Waals surface area (Å²) in [4.78, 5) is 24.3. The maximum Gasteiger partial charge on any atom is 0.251 e. The Balaban J connectivity index is 1.66. The smallest absolute Gasteiger partial charge is 0.251 e. The predicted octanol–water partition coefficient (Wildman–Crippen LogP) is 5.17. The Morgan fingerprint density at radius 1 is 1.03 bits per heavy atom. The van der Waals surface area contributed by atoms with Crippen LogP contribution < -0.4 is 11.1 Å². The molecular formula is C24H18ClFN2O2S. The molecule has 2 amide bonds. The number of carbonyl (C=O) groups excluding carboxylic acids is 2. The fourth-order valence-electron chi connectivity index (χ4n) is 3.46. The van der Waals surface area contributed by atoms with Gasteiger partial charge in [-0.1, -0.05) is 35.9 Å². The molecule has 31 heavy (non-hydrogen) atoms. The summed E-state index contributed by atoms with van der Waals surface area (Å²) in [6.07, 6.45) is 0.575. The van der Waals surface area contributed by atoms with Gasteiger partial charge in [-0.3, -0.25) is 9.59 Å². The summed E-state index contributed by atoms with van der Waals surface area (Å²) < 4.78 is 14.8. The number of nitrogens with one attached hydrogen (secondary N) is 1. The molecule has 0 aliphatic carbocycles. The van der Waals surface area contributed by atoms with E-state index in [0.717, 1.165) is 31.7 Å². The zero-order valence-corrected chi connectivity index (χ0v) is 17.9. The summed E-state index contributed by atoms with van der Waals surface area (Å²) in [5, 5.41) is 3.94. The molecule has 0 aliphatic heterocycles. The monoisotopic (exact) mass is 452 g/mol. The molecule has 0 radical (unpaired) electrons. The first-order valence-corrected chi connectivity index (χ1v) is 10.7. The lowest BCUT2D eigenvalue weighted by Crippen LogP contribution is -2.33. The van der Waals surface area contributed by atoms with E-state index in [2.05, 4.69) is 11.4 Å². The third kappa shape index (κ3) is 4.93. The number of amides is 2. The molecule has 3 N–H and O–H groups in total. The Morgan fingerprint density at radius 2 is 1.84 bits per heavy atom. The minimum absolute atomic E-state index is 0.212. The highest BCUT2D eigenvalue weighted by atomic mass is 35.5. The van der Waals surface area contributed by atoms with Crippen molar-refractivity contribution >= 4 is 44.8 Å². The van der Waals surface area contributed by atoms with E-state index in [1.807, 2.05) is 24.3 Å². The summed E-state index contributed by atoms with van der Waals surface area (Å²) in [7, 11) is 0. The van der Waals surface area contributed by atoms with Crippen LogP contribution in [0, 0.1) is 5.82 Å². The SMILES string of the molecule is NC(=O)CNC(=O)c1cccc(-c2cccc3sc(Cc4cc(F)cc(Cl)c4)cc23)c1. The lowest BCUT2D eigenvalue weighted by atomic mass is 9.99. The maximum atomic E-state index is 13.7. The second kappa shape index (κ2) is 8.88. The Labute approximate surface area is 187 Å². The first-order chi connectivity index (χ1) is 14.9. The van der Waals surface area contributed by atoms with Crippen LogP contribution in [0.3, 0.4) is 0 Å². The van der Waals surface area contributed by atoms with Gasteiger partial charge < -0.3 is 11.1 Å². The van der Waals surface area contributed by atoms with Gasteiger partial charge in [0.15, 0.2) is 0 Å². The molecule has 0 unspecified atom stereocenters. The average molecular weight is 453 g/mol.